The van der Waals surface area contributed by atoms with E-state index in [2.05, 4.69) is 123 Å². The Morgan fingerprint density at radius 1 is 0.440 bits per heavy atom. The molecule has 11 atom stereocenters. The molecule has 2 saturated heterocycles. The van der Waals surface area contributed by atoms with Gasteiger partial charge in [0.25, 0.3) is 0 Å². The van der Waals surface area contributed by atoms with Gasteiger partial charge in [-0.25, -0.2) is 0 Å². The van der Waals surface area contributed by atoms with Gasteiger partial charge in [0, 0.05) is 13.0 Å². The Bertz CT molecular complexity index is 1650. The molecule has 2 heterocycles. The van der Waals surface area contributed by atoms with Gasteiger partial charge in [-0.15, -0.1) is 0 Å². The summed E-state index contributed by atoms with van der Waals surface area (Å²) in [5, 5.41) is 72.3. The highest BCUT2D eigenvalue weighted by molar-refractivity contribution is 5.69. The molecule has 7 N–H and O–H groups in total. The fourth-order valence-electron chi connectivity index (χ4n) is 8.24. The molecule has 2 fully saturated rings. The molecule has 0 amide bonds. The molecule has 14 nitrogen and oxygen atoms in total. The second-order valence-electron chi connectivity index (χ2n) is 19.3. The fraction of sp³-hybridized carbons (Fsp3) is 0.689. The SMILES string of the molecule is CC/C=C\C/C=C\C/C=C\C/C=C\C/C=C\CCCCCCCC(=O)OC(COCCCCCCCCC/C=C\C/C=C\C/C=C\C/C=C\CC)COC1OC(COC2OC(CO)C(O)C(O)C2O)C(O)C(O)C1O. The van der Waals surface area contributed by atoms with E-state index >= 15 is 0 Å². The Morgan fingerprint density at radius 3 is 1.29 bits per heavy atom. The van der Waals surface area contributed by atoms with Crippen LogP contribution in [0.2, 0.25) is 0 Å². The van der Waals surface area contributed by atoms with Crippen molar-refractivity contribution in [1.29, 1.82) is 0 Å². The predicted octanol–water partition coefficient (Wildman–Crippen LogP) is 9.96. The zero-order chi connectivity index (χ0) is 54.4. The first-order chi connectivity index (χ1) is 36.6. The van der Waals surface area contributed by atoms with Gasteiger partial charge in [0.2, 0.25) is 0 Å². The van der Waals surface area contributed by atoms with Crippen LogP contribution in [0.25, 0.3) is 0 Å². The lowest BCUT2D eigenvalue weighted by molar-refractivity contribution is -0.332. The number of carbonyl (C=O) groups is 1. The van der Waals surface area contributed by atoms with E-state index in [1.165, 1.54) is 19.3 Å². The molecule has 0 aromatic carbocycles. The number of unbranched alkanes of at least 4 members (excludes halogenated alkanes) is 12. The molecule has 0 radical (unpaired) electrons. The number of hydrogen-bond donors (Lipinski definition) is 7. The van der Waals surface area contributed by atoms with Gasteiger partial charge in [-0.05, 0) is 96.3 Å². The molecule has 11 unspecified atom stereocenters. The van der Waals surface area contributed by atoms with Crippen LogP contribution >= 0.6 is 0 Å². The quantitative estimate of drug-likeness (QED) is 0.0172. The van der Waals surface area contributed by atoms with E-state index in [9.17, 15) is 40.5 Å². The van der Waals surface area contributed by atoms with Crippen LogP contribution in [0.3, 0.4) is 0 Å². The summed E-state index contributed by atoms with van der Waals surface area (Å²) in [5.74, 6) is -0.403. The van der Waals surface area contributed by atoms with Crippen molar-refractivity contribution in [3.8, 4) is 0 Å². The summed E-state index contributed by atoms with van der Waals surface area (Å²) in [6.45, 7) is 3.39. The van der Waals surface area contributed by atoms with Crippen LogP contribution in [0.15, 0.2) is 109 Å². The molecule has 2 aliphatic heterocycles. The van der Waals surface area contributed by atoms with Gasteiger partial charge in [-0.3, -0.25) is 4.79 Å². The number of carbonyl (C=O) groups excluding carboxylic acids is 1. The molecule has 0 spiro atoms. The van der Waals surface area contributed by atoms with Gasteiger partial charge in [0.15, 0.2) is 12.6 Å². The molecule has 2 rings (SSSR count). The Hall–Kier alpha value is -3.35. The molecule has 14 heteroatoms. The first-order valence-corrected chi connectivity index (χ1v) is 28.5. The van der Waals surface area contributed by atoms with Crippen molar-refractivity contribution in [2.45, 2.75) is 235 Å². The van der Waals surface area contributed by atoms with Crippen LogP contribution in [0.5, 0.6) is 0 Å². The van der Waals surface area contributed by atoms with Crippen molar-refractivity contribution in [3.05, 3.63) is 109 Å². The van der Waals surface area contributed by atoms with Gasteiger partial charge in [-0.1, -0.05) is 175 Å². The van der Waals surface area contributed by atoms with Crippen molar-refractivity contribution in [1.82, 2.24) is 0 Å². The number of ether oxygens (including phenoxy) is 6. The summed E-state index contributed by atoms with van der Waals surface area (Å²) < 4.78 is 34.3. The minimum Gasteiger partial charge on any atom is -0.457 e. The van der Waals surface area contributed by atoms with Gasteiger partial charge < -0.3 is 64.2 Å². The predicted molar refractivity (Wildman–Crippen MR) is 297 cm³/mol. The van der Waals surface area contributed by atoms with Crippen molar-refractivity contribution < 1.29 is 69.0 Å². The number of hydrogen-bond acceptors (Lipinski definition) is 14. The van der Waals surface area contributed by atoms with Crippen LogP contribution < -0.4 is 0 Å². The molecule has 0 aliphatic carbocycles. The fourth-order valence-corrected chi connectivity index (χ4v) is 8.24. The standard InChI is InChI=1S/C61H100O14/c1-3-5-7-9-11-13-15-17-19-21-23-25-26-28-30-32-34-36-38-40-42-44-53(63)73-50(47-70-45-43-41-39-37-35-33-31-29-27-24-22-20-18-16-14-12-10-8-6-4-2)48-71-60-59(69)57(67)55(65)52(75-60)49-72-61-58(68)56(66)54(64)51(46-62)74-61/h5-8,11-14,17-20,23-25,27-28,30,50-52,54-62,64-69H,3-4,9-10,15-16,21-22,26,29,31-49H2,1-2H3/b7-5-,8-6-,13-11-,14-12-,19-17-,20-18-,25-23-,27-24-,30-28-. The van der Waals surface area contributed by atoms with Crippen LogP contribution in [-0.2, 0) is 33.2 Å². The monoisotopic (exact) mass is 1060 g/mol. The maximum atomic E-state index is 13.1. The summed E-state index contributed by atoms with van der Waals surface area (Å²) in [4.78, 5) is 13.1. The average Bonchev–Trinajstić information content (AvgIpc) is 3.41. The Morgan fingerprint density at radius 2 is 0.827 bits per heavy atom. The zero-order valence-corrected chi connectivity index (χ0v) is 45.7. The molecule has 0 aromatic rings. The van der Waals surface area contributed by atoms with E-state index < -0.39 is 86.7 Å². The maximum absolute atomic E-state index is 13.1. The number of esters is 1. The topological polar surface area (TPSA) is 214 Å². The minimum absolute atomic E-state index is 0.0382. The third-order valence-corrected chi connectivity index (χ3v) is 12.8. The highest BCUT2D eigenvalue weighted by Gasteiger charge is 2.47. The molecule has 2 aliphatic rings. The molecular formula is C61H100O14. The Labute approximate surface area is 451 Å². The van der Waals surface area contributed by atoms with Crippen molar-refractivity contribution in [3.63, 3.8) is 0 Å². The van der Waals surface area contributed by atoms with Crippen molar-refractivity contribution >= 4 is 5.97 Å². The summed E-state index contributed by atoms with van der Waals surface area (Å²) >= 11 is 0. The molecule has 0 saturated carbocycles. The van der Waals surface area contributed by atoms with Crippen LogP contribution in [0.1, 0.15) is 168 Å². The second-order valence-corrected chi connectivity index (χ2v) is 19.3. The van der Waals surface area contributed by atoms with E-state index in [-0.39, 0.29) is 19.6 Å². The average molecular weight is 1060 g/mol. The first kappa shape index (κ1) is 67.8. The van der Waals surface area contributed by atoms with E-state index in [1.54, 1.807) is 0 Å². The highest BCUT2D eigenvalue weighted by atomic mass is 16.7. The van der Waals surface area contributed by atoms with E-state index in [4.69, 9.17) is 28.4 Å². The first-order valence-electron chi connectivity index (χ1n) is 28.5. The van der Waals surface area contributed by atoms with Crippen LogP contribution in [0.4, 0.5) is 0 Å². The number of aliphatic hydroxyl groups is 7. The third-order valence-electron chi connectivity index (χ3n) is 12.8. The number of rotatable bonds is 44. The summed E-state index contributed by atoms with van der Waals surface area (Å²) in [7, 11) is 0. The third kappa shape index (κ3) is 33.5. The number of allylic oxidation sites excluding steroid dienone is 18. The van der Waals surface area contributed by atoms with Gasteiger partial charge >= 0.3 is 5.97 Å². The van der Waals surface area contributed by atoms with Crippen molar-refractivity contribution in [2.24, 2.45) is 0 Å². The van der Waals surface area contributed by atoms with Crippen LogP contribution in [0, 0.1) is 0 Å². The normalized spacial score (nSPS) is 25.5. The van der Waals surface area contributed by atoms with Gasteiger partial charge in [0.05, 0.1) is 26.4 Å². The largest absolute Gasteiger partial charge is 0.457 e. The van der Waals surface area contributed by atoms with Crippen molar-refractivity contribution in [2.75, 3.05) is 33.0 Å². The van der Waals surface area contributed by atoms with Gasteiger partial charge in [0.1, 0.15) is 54.9 Å². The number of aliphatic hydroxyl groups excluding tert-OH is 7. The highest BCUT2D eigenvalue weighted by Crippen LogP contribution is 2.26. The molecule has 0 bridgehead atoms. The summed E-state index contributed by atoms with van der Waals surface area (Å²) in [6, 6.07) is 0. The molecule has 0 aromatic heterocycles. The summed E-state index contributed by atoms with van der Waals surface area (Å²) in [5.41, 5.74) is 0. The van der Waals surface area contributed by atoms with Crippen LogP contribution in [-0.4, -0.2) is 142 Å². The molecular weight excluding hydrogens is 957 g/mol. The van der Waals surface area contributed by atoms with E-state index in [1.807, 2.05) is 0 Å². The lowest BCUT2D eigenvalue weighted by Gasteiger charge is -2.42. The second kappa shape index (κ2) is 46.7. The van der Waals surface area contributed by atoms with E-state index in [0.29, 0.717) is 13.0 Å². The Balaban J connectivity index is 1.75. The minimum atomic E-state index is -1.72. The smallest absolute Gasteiger partial charge is 0.306 e. The lowest BCUT2D eigenvalue weighted by Crippen LogP contribution is -2.61. The summed E-state index contributed by atoms with van der Waals surface area (Å²) in [6.07, 6.45) is 47.1. The lowest BCUT2D eigenvalue weighted by atomic mass is 9.98. The molecule has 428 valence electrons. The van der Waals surface area contributed by atoms with Gasteiger partial charge in [-0.2, -0.15) is 0 Å². The molecule has 75 heavy (non-hydrogen) atoms. The Kier molecular flexibility index (Phi) is 42.2. The maximum Gasteiger partial charge on any atom is 0.306 e. The van der Waals surface area contributed by atoms with E-state index in [0.717, 1.165) is 122 Å². The zero-order valence-electron chi connectivity index (χ0n) is 45.7.